The number of benzene rings is 1. The first-order chi connectivity index (χ1) is 9.00. The highest BCUT2D eigenvalue weighted by molar-refractivity contribution is 5.59. The van der Waals surface area contributed by atoms with Gasteiger partial charge in [-0.25, -0.2) is 0 Å². The summed E-state index contributed by atoms with van der Waals surface area (Å²) in [6.45, 7) is 6.56. The van der Waals surface area contributed by atoms with E-state index in [0.29, 0.717) is 0 Å². The minimum atomic E-state index is -0.104. The molecule has 0 spiro atoms. The number of likely N-dealkylation sites (N-methyl/N-ethyl adjacent to an activating group) is 1. The van der Waals surface area contributed by atoms with Crippen LogP contribution in [-0.4, -0.2) is 49.3 Å². The summed E-state index contributed by atoms with van der Waals surface area (Å²) in [5, 5.41) is 9.85. The zero-order chi connectivity index (χ0) is 14.0. The van der Waals surface area contributed by atoms with E-state index in [0.717, 1.165) is 25.9 Å². The highest BCUT2D eigenvalue weighted by Gasteiger charge is 2.37. The maximum absolute atomic E-state index is 9.85. The van der Waals surface area contributed by atoms with Gasteiger partial charge in [-0.3, -0.25) is 4.90 Å². The van der Waals surface area contributed by atoms with Crippen molar-refractivity contribution in [1.82, 2.24) is 4.90 Å². The van der Waals surface area contributed by atoms with Crippen molar-refractivity contribution in [1.29, 1.82) is 0 Å². The molecule has 1 aromatic carbocycles. The molecule has 1 atom stereocenters. The highest BCUT2D eigenvalue weighted by Crippen LogP contribution is 2.32. The van der Waals surface area contributed by atoms with E-state index in [2.05, 4.69) is 55.9 Å². The Balaban J connectivity index is 2.31. The van der Waals surface area contributed by atoms with E-state index in [1.807, 2.05) is 0 Å². The standard InChI is InChI=1S/C16H26N2O/c1-13-7-5-8-14(2)15(13)18-10-6-9-16(11-18,12-19)17(3)4/h5,7-8,19H,6,9-12H2,1-4H3. The normalized spacial score (nSPS) is 24.0. The summed E-state index contributed by atoms with van der Waals surface area (Å²) >= 11 is 0. The third-order valence-corrected chi connectivity index (χ3v) is 4.55. The molecule has 0 aromatic heterocycles. The summed E-state index contributed by atoms with van der Waals surface area (Å²) in [4.78, 5) is 4.64. The molecule has 0 amide bonds. The summed E-state index contributed by atoms with van der Waals surface area (Å²) in [5.41, 5.74) is 3.90. The van der Waals surface area contributed by atoms with Crippen molar-refractivity contribution in [2.45, 2.75) is 32.2 Å². The van der Waals surface area contributed by atoms with E-state index in [1.54, 1.807) is 0 Å². The number of aliphatic hydroxyl groups is 1. The second-order valence-corrected chi connectivity index (χ2v) is 6.04. The molecular weight excluding hydrogens is 236 g/mol. The Bertz CT molecular complexity index is 424. The van der Waals surface area contributed by atoms with Crippen molar-refractivity contribution < 1.29 is 5.11 Å². The van der Waals surface area contributed by atoms with Crippen molar-refractivity contribution in [2.75, 3.05) is 38.7 Å². The van der Waals surface area contributed by atoms with Crippen molar-refractivity contribution in [3.8, 4) is 0 Å². The van der Waals surface area contributed by atoms with Crippen LogP contribution in [0, 0.1) is 13.8 Å². The van der Waals surface area contributed by atoms with Gasteiger partial charge in [-0.2, -0.15) is 0 Å². The van der Waals surface area contributed by atoms with Crippen LogP contribution in [0.5, 0.6) is 0 Å². The first-order valence-electron chi connectivity index (χ1n) is 7.10. The van der Waals surface area contributed by atoms with Crippen LogP contribution in [0.3, 0.4) is 0 Å². The fraction of sp³-hybridized carbons (Fsp3) is 0.625. The Morgan fingerprint density at radius 3 is 2.42 bits per heavy atom. The molecule has 1 N–H and O–H groups in total. The molecule has 0 radical (unpaired) electrons. The van der Waals surface area contributed by atoms with Crippen LogP contribution in [-0.2, 0) is 0 Å². The zero-order valence-corrected chi connectivity index (χ0v) is 12.6. The first-order valence-corrected chi connectivity index (χ1v) is 7.10. The molecule has 1 unspecified atom stereocenters. The van der Waals surface area contributed by atoms with Gasteiger partial charge in [0.1, 0.15) is 0 Å². The zero-order valence-electron chi connectivity index (χ0n) is 12.6. The molecule has 1 saturated heterocycles. The van der Waals surface area contributed by atoms with Crippen LogP contribution < -0.4 is 4.90 Å². The number of piperidine rings is 1. The Morgan fingerprint density at radius 1 is 1.26 bits per heavy atom. The van der Waals surface area contributed by atoms with Gasteiger partial charge in [-0.05, 0) is 51.9 Å². The molecule has 0 aliphatic carbocycles. The van der Waals surface area contributed by atoms with Gasteiger partial charge < -0.3 is 10.0 Å². The lowest BCUT2D eigenvalue weighted by Crippen LogP contribution is -2.59. The number of rotatable bonds is 3. The Labute approximate surface area is 116 Å². The molecular formula is C16H26N2O. The fourth-order valence-electron chi connectivity index (χ4n) is 3.24. The third-order valence-electron chi connectivity index (χ3n) is 4.55. The van der Waals surface area contributed by atoms with Crippen molar-refractivity contribution >= 4 is 5.69 Å². The molecule has 1 aromatic rings. The van der Waals surface area contributed by atoms with Crippen LogP contribution in [0.15, 0.2) is 18.2 Å². The van der Waals surface area contributed by atoms with Crippen molar-refractivity contribution in [2.24, 2.45) is 0 Å². The van der Waals surface area contributed by atoms with E-state index < -0.39 is 0 Å². The lowest BCUT2D eigenvalue weighted by molar-refractivity contribution is 0.0546. The van der Waals surface area contributed by atoms with Gasteiger partial charge in [0.2, 0.25) is 0 Å². The van der Waals surface area contributed by atoms with Crippen LogP contribution in [0.25, 0.3) is 0 Å². The van der Waals surface area contributed by atoms with E-state index >= 15 is 0 Å². The van der Waals surface area contributed by atoms with Crippen LogP contribution in [0.2, 0.25) is 0 Å². The molecule has 3 nitrogen and oxygen atoms in total. The Morgan fingerprint density at radius 2 is 1.89 bits per heavy atom. The smallest absolute Gasteiger partial charge is 0.0632 e. The molecule has 106 valence electrons. The molecule has 1 aliphatic rings. The van der Waals surface area contributed by atoms with Gasteiger partial charge in [0.15, 0.2) is 0 Å². The second-order valence-electron chi connectivity index (χ2n) is 6.04. The predicted octanol–water partition coefficient (Wildman–Crippen LogP) is 2.20. The average Bonchev–Trinajstić information content (AvgIpc) is 2.38. The second kappa shape index (κ2) is 5.51. The van der Waals surface area contributed by atoms with E-state index in [1.165, 1.54) is 16.8 Å². The van der Waals surface area contributed by atoms with Gasteiger partial charge in [-0.1, -0.05) is 18.2 Å². The number of hydrogen-bond donors (Lipinski definition) is 1. The highest BCUT2D eigenvalue weighted by atomic mass is 16.3. The van der Waals surface area contributed by atoms with Gasteiger partial charge in [0, 0.05) is 18.8 Å². The molecule has 19 heavy (non-hydrogen) atoms. The molecule has 0 bridgehead atoms. The number of aliphatic hydroxyl groups excluding tert-OH is 1. The summed E-state index contributed by atoms with van der Waals surface area (Å²) in [6, 6.07) is 6.46. The minimum Gasteiger partial charge on any atom is -0.394 e. The summed E-state index contributed by atoms with van der Waals surface area (Å²) < 4.78 is 0. The van der Waals surface area contributed by atoms with Gasteiger partial charge in [0.05, 0.1) is 12.1 Å². The maximum Gasteiger partial charge on any atom is 0.0632 e. The Kier molecular flexibility index (Phi) is 4.16. The quantitative estimate of drug-likeness (QED) is 0.904. The van der Waals surface area contributed by atoms with Crippen molar-refractivity contribution in [3.05, 3.63) is 29.3 Å². The number of para-hydroxylation sites is 1. The number of aryl methyl sites for hydroxylation is 2. The van der Waals surface area contributed by atoms with E-state index in [4.69, 9.17) is 0 Å². The predicted molar refractivity (Wildman–Crippen MR) is 80.9 cm³/mol. The molecule has 0 saturated carbocycles. The van der Waals surface area contributed by atoms with E-state index in [9.17, 15) is 5.11 Å². The lowest BCUT2D eigenvalue weighted by atomic mass is 9.87. The van der Waals surface area contributed by atoms with Gasteiger partial charge in [0.25, 0.3) is 0 Å². The molecule has 1 heterocycles. The fourth-order valence-corrected chi connectivity index (χ4v) is 3.24. The summed E-state index contributed by atoms with van der Waals surface area (Å²) in [7, 11) is 4.15. The maximum atomic E-state index is 9.85. The first kappa shape index (κ1) is 14.4. The van der Waals surface area contributed by atoms with Gasteiger partial charge in [-0.15, -0.1) is 0 Å². The molecule has 1 aliphatic heterocycles. The number of nitrogens with zero attached hydrogens (tertiary/aromatic N) is 2. The number of anilines is 1. The van der Waals surface area contributed by atoms with Crippen LogP contribution >= 0.6 is 0 Å². The van der Waals surface area contributed by atoms with Gasteiger partial charge >= 0.3 is 0 Å². The lowest BCUT2D eigenvalue weighted by Gasteiger charge is -2.47. The minimum absolute atomic E-state index is 0.104. The monoisotopic (exact) mass is 262 g/mol. The van der Waals surface area contributed by atoms with Crippen LogP contribution in [0.4, 0.5) is 5.69 Å². The molecule has 2 rings (SSSR count). The SMILES string of the molecule is Cc1cccc(C)c1N1CCCC(CO)(N(C)C)C1. The molecule has 1 fully saturated rings. The molecule has 3 heteroatoms. The van der Waals surface area contributed by atoms with Crippen molar-refractivity contribution in [3.63, 3.8) is 0 Å². The largest absolute Gasteiger partial charge is 0.394 e. The third kappa shape index (κ3) is 2.63. The van der Waals surface area contributed by atoms with E-state index in [-0.39, 0.29) is 12.1 Å². The topological polar surface area (TPSA) is 26.7 Å². The number of hydrogen-bond acceptors (Lipinski definition) is 3. The summed E-state index contributed by atoms with van der Waals surface area (Å²) in [5.74, 6) is 0. The average molecular weight is 262 g/mol. The Hall–Kier alpha value is -1.06. The summed E-state index contributed by atoms with van der Waals surface area (Å²) in [6.07, 6.45) is 2.20. The van der Waals surface area contributed by atoms with Crippen LogP contribution in [0.1, 0.15) is 24.0 Å².